The number of nitrogens with zero attached hydrogens (tertiary/aromatic N) is 2. The lowest BCUT2D eigenvalue weighted by molar-refractivity contribution is 0.0690. The van der Waals surface area contributed by atoms with Crippen LogP contribution in [0.25, 0.3) is 0 Å². The quantitative estimate of drug-likeness (QED) is 0.766. The number of aromatic carboxylic acids is 1. The van der Waals surface area contributed by atoms with Gasteiger partial charge in [0.05, 0.1) is 5.56 Å². The number of imidazole rings is 1. The first kappa shape index (κ1) is 14.8. The fraction of sp³-hybridized carbons (Fsp3) is 0.357. The summed E-state index contributed by atoms with van der Waals surface area (Å²) in [5.74, 6) is -0.463. The Morgan fingerprint density at radius 2 is 2.14 bits per heavy atom. The molecule has 1 amide bonds. The van der Waals surface area contributed by atoms with E-state index in [0.717, 1.165) is 5.82 Å². The molecule has 7 heteroatoms. The van der Waals surface area contributed by atoms with Crippen LogP contribution in [0, 0.1) is 13.8 Å². The summed E-state index contributed by atoms with van der Waals surface area (Å²) in [6.45, 7) is 3.75. The van der Waals surface area contributed by atoms with Crippen LogP contribution in [-0.4, -0.2) is 38.1 Å². The number of H-pyrrole nitrogens is 1. The fourth-order valence-electron chi connectivity index (χ4n) is 2.32. The number of carbonyl (C=O) groups is 2. The SMILES string of the molecule is Cc1[nH]c(C(=O)O)c(C)c1C(=O)NCCc1nccn1C. The average Bonchev–Trinajstić information content (AvgIpc) is 2.94. The smallest absolute Gasteiger partial charge is 0.352 e. The van der Waals surface area contributed by atoms with Crippen molar-refractivity contribution in [2.45, 2.75) is 20.3 Å². The summed E-state index contributed by atoms with van der Waals surface area (Å²) in [6.07, 6.45) is 4.16. The Morgan fingerprint density at radius 1 is 1.43 bits per heavy atom. The topological polar surface area (TPSA) is 100 Å². The van der Waals surface area contributed by atoms with E-state index in [9.17, 15) is 9.59 Å². The largest absolute Gasteiger partial charge is 0.477 e. The second kappa shape index (κ2) is 5.82. The molecule has 0 aliphatic rings. The number of carboxylic acids is 1. The summed E-state index contributed by atoms with van der Waals surface area (Å²) in [4.78, 5) is 30.1. The van der Waals surface area contributed by atoms with Gasteiger partial charge >= 0.3 is 5.97 Å². The maximum absolute atomic E-state index is 12.2. The van der Waals surface area contributed by atoms with Gasteiger partial charge in [0.1, 0.15) is 11.5 Å². The molecule has 0 unspecified atom stereocenters. The Kier molecular flexibility index (Phi) is 4.11. The first-order chi connectivity index (χ1) is 9.91. The third-order valence-electron chi connectivity index (χ3n) is 3.43. The van der Waals surface area contributed by atoms with Crippen LogP contribution in [0.4, 0.5) is 0 Å². The molecular formula is C14H18N4O3. The summed E-state index contributed by atoms with van der Waals surface area (Å²) >= 11 is 0. The minimum atomic E-state index is -1.07. The van der Waals surface area contributed by atoms with Gasteiger partial charge in [-0.25, -0.2) is 9.78 Å². The summed E-state index contributed by atoms with van der Waals surface area (Å²) in [6, 6.07) is 0. The van der Waals surface area contributed by atoms with E-state index in [0.29, 0.717) is 29.8 Å². The van der Waals surface area contributed by atoms with Gasteiger partial charge in [0.2, 0.25) is 0 Å². The Balaban J connectivity index is 2.04. The van der Waals surface area contributed by atoms with E-state index in [4.69, 9.17) is 5.11 Å². The zero-order chi connectivity index (χ0) is 15.6. The summed E-state index contributed by atoms with van der Waals surface area (Å²) < 4.78 is 1.89. The summed E-state index contributed by atoms with van der Waals surface area (Å²) in [5.41, 5.74) is 1.46. The zero-order valence-electron chi connectivity index (χ0n) is 12.2. The number of carbonyl (C=O) groups excluding carboxylic acids is 1. The lowest BCUT2D eigenvalue weighted by Gasteiger charge is -2.06. The van der Waals surface area contributed by atoms with E-state index in [1.165, 1.54) is 0 Å². The van der Waals surface area contributed by atoms with Crippen LogP contribution in [0.3, 0.4) is 0 Å². The molecule has 0 aliphatic carbocycles. The second-order valence-corrected chi connectivity index (χ2v) is 4.89. The third kappa shape index (κ3) is 2.96. The van der Waals surface area contributed by atoms with E-state index in [2.05, 4.69) is 15.3 Å². The number of carboxylic acid groups (broad SMARTS) is 1. The van der Waals surface area contributed by atoms with Crippen molar-refractivity contribution >= 4 is 11.9 Å². The Bertz CT molecular complexity index is 684. The molecular weight excluding hydrogens is 272 g/mol. The Labute approximate surface area is 122 Å². The maximum Gasteiger partial charge on any atom is 0.352 e. The third-order valence-corrected chi connectivity index (χ3v) is 3.43. The minimum absolute atomic E-state index is 0.0572. The van der Waals surface area contributed by atoms with Gasteiger partial charge in [0, 0.05) is 38.1 Å². The van der Waals surface area contributed by atoms with E-state index in [1.807, 2.05) is 17.8 Å². The van der Waals surface area contributed by atoms with Gasteiger partial charge in [-0.1, -0.05) is 0 Å². The first-order valence-corrected chi connectivity index (χ1v) is 6.58. The van der Waals surface area contributed by atoms with Gasteiger partial charge in [0.25, 0.3) is 5.91 Å². The van der Waals surface area contributed by atoms with Crippen molar-refractivity contribution in [2.75, 3.05) is 6.54 Å². The summed E-state index contributed by atoms with van der Waals surface area (Å²) in [7, 11) is 1.89. The predicted octanol–water partition coefficient (Wildman–Crippen LogP) is 1.04. The number of rotatable bonds is 5. The number of aryl methyl sites for hydroxylation is 2. The molecule has 0 fully saturated rings. The predicted molar refractivity (Wildman–Crippen MR) is 76.5 cm³/mol. The number of nitrogens with one attached hydrogen (secondary N) is 2. The molecule has 0 bridgehead atoms. The highest BCUT2D eigenvalue weighted by Gasteiger charge is 2.21. The van der Waals surface area contributed by atoms with E-state index >= 15 is 0 Å². The molecule has 0 atom stereocenters. The molecule has 0 aromatic carbocycles. The molecule has 7 nitrogen and oxygen atoms in total. The van der Waals surface area contributed by atoms with Crippen LogP contribution in [0.1, 0.15) is 37.9 Å². The number of aromatic amines is 1. The lowest BCUT2D eigenvalue weighted by atomic mass is 10.1. The second-order valence-electron chi connectivity index (χ2n) is 4.89. The van der Waals surface area contributed by atoms with Crippen molar-refractivity contribution < 1.29 is 14.7 Å². The lowest BCUT2D eigenvalue weighted by Crippen LogP contribution is -2.27. The highest BCUT2D eigenvalue weighted by Crippen LogP contribution is 2.17. The molecule has 112 valence electrons. The molecule has 0 saturated carbocycles. The fourth-order valence-corrected chi connectivity index (χ4v) is 2.32. The van der Waals surface area contributed by atoms with E-state index < -0.39 is 5.97 Å². The monoisotopic (exact) mass is 290 g/mol. The normalized spacial score (nSPS) is 10.6. The maximum atomic E-state index is 12.2. The van der Waals surface area contributed by atoms with Crippen LogP contribution in [0.5, 0.6) is 0 Å². The van der Waals surface area contributed by atoms with Crippen molar-refractivity contribution in [3.8, 4) is 0 Å². The van der Waals surface area contributed by atoms with Gasteiger partial charge in [-0.3, -0.25) is 4.79 Å². The summed E-state index contributed by atoms with van der Waals surface area (Å²) in [5, 5.41) is 11.8. The zero-order valence-corrected chi connectivity index (χ0v) is 12.2. The Morgan fingerprint density at radius 3 is 2.67 bits per heavy atom. The van der Waals surface area contributed by atoms with Gasteiger partial charge < -0.3 is 20.0 Å². The van der Waals surface area contributed by atoms with Gasteiger partial charge in [-0.15, -0.1) is 0 Å². The molecule has 2 aromatic rings. The standard InChI is InChI=1S/C14H18N4O3/c1-8-11(9(2)17-12(8)14(20)21)13(19)16-5-4-10-15-6-7-18(10)3/h6-7,17H,4-5H2,1-3H3,(H,16,19)(H,20,21). The van der Waals surface area contributed by atoms with Crippen molar-refractivity contribution in [1.29, 1.82) is 0 Å². The van der Waals surface area contributed by atoms with Crippen LogP contribution in [0.15, 0.2) is 12.4 Å². The average molecular weight is 290 g/mol. The van der Waals surface area contributed by atoms with Crippen LogP contribution < -0.4 is 5.32 Å². The van der Waals surface area contributed by atoms with Crippen molar-refractivity contribution in [3.05, 3.63) is 40.7 Å². The molecule has 2 rings (SSSR count). The highest BCUT2D eigenvalue weighted by molar-refractivity contribution is 6.00. The molecule has 3 N–H and O–H groups in total. The van der Waals surface area contributed by atoms with Crippen LogP contribution in [-0.2, 0) is 13.5 Å². The van der Waals surface area contributed by atoms with Gasteiger partial charge in [0.15, 0.2) is 0 Å². The van der Waals surface area contributed by atoms with Gasteiger partial charge in [-0.2, -0.15) is 0 Å². The van der Waals surface area contributed by atoms with E-state index in [-0.39, 0.29) is 11.6 Å². The van der Waals surface area contributed by atoms with Crippen molar-refractivity contribution in [3.63, 3.8) is 0 Å². The molecule has 0 spiro atoms. The number of amides is 1. The highest BCUT2D eigenvalue weighted by atomic mass is 16.4. The van der Waals surface area contributed by atoms with Crippen LogP contribution in [0.2, 0.25) is 0 Å². The molecule has 2 heterocycles. The first-order valence-electron chi connectivity index (χ1n) is 6.58. The molecule has 2 aromatic heterocycles. The molecule has 0 saturated heterocycles. The number of aromatic nitrogens is 3. The molecule has 21 heavy (non-hydrogen) atoms. The van der Waals surface area contributed by atoms with Crippen LogP contribution >= 0.6 is 0 Å². The molecule has 0 aliphatic heterocycles. The van der Waals surface area contributed by atoms with Crippen molar-refractivity contribution in [1.82, 2.24) is 19.9 Å². The number of hydrogen-bond donors (Lipinski definition) is 3. The number of hydrogen-bond acceptors (Lipinski definition) is 3. The van der Waals surface area contributed by atoms with E-state index in [1.54, 1.807) is 20.0 Å². The van der Waals surface area contributed by atoms with Gasteiger partial charge in [-0.05, 0) is 19.4 Å². The Hall–Kier alpha value is -2.57. The van der Waals surface area contributed by atoms with Crippen molar-refractivity contribution in [2.24, 2.45) is 7.05 Å². The minimum Gasteiger partial charge on any atom is -0.477 e. The molecule has 0 radical (unpaired) electrons.